The molecule has 3 aromatic rings. The van der Waals surface area contributed by atoms with Gasteiger partial charge in [0.05, 0.1) is 18.7 Å². The van der Waals surface area contributed by atoms with Gasteiger partial charge in [0.15, 0.2) is 5.76 Å². The first kappa shape index (κ1) is 22.2. The highest BCUT2D eigenvalue weighted by atomic mass is 32.2. The molecule has 10 heteroatoms. The maximum atomic E-state index is 13.5. The number of carbonyl (C=O) groups excluding carboxylic acids is 1. The summed E-state index contributed by atoms with van der Waals surface area (Å²) in [4.78, 5) is 19.5. The molecule has 3 aromatic heterocycles. The molecule has 1 aliphatic rings. The zero-order valence-corrected chi connectivity index (χ0v) is 18.9. The Morgan fingerprint density at radius 1 is 1.25 bits per heavy atom. The van der Waals surface area contributed by atoms with Gasteiger partial charge >= 0.3 is 0 Å². The predicted octanol–water partition coefficient (Wildman–Crippen LogP) is 2.91. The first-order valence-corrected chi connectivity index (χ1v) is 11.9. The molecule has 0 saturated carbocycles. The van der Waals surface area contributed by atoms with Crippen LogP contribution in [0.3, 0.4) is 0 Å². The lowest BCUT2D eigenvalue weighted by Crippen LogP contribution is -2.46. The summed E-state index contributed by atoms with van der Waals surface area (Å²) in [5, 5.41) is 3.78. The van der Waals surface area contributed by atoms with Crippen molar-refractivity contribution in [3.63, 3.8) is 0 Å². The molecule has 1 atom stereocenters. The topological polar surface area (TPSA) is 110 Å². The second-order valence-electron chi connectivity index (χ2n) is 7.99. The van der Waals surface area contributed by atoms with Crippen LogP contribution < -0.4 is 0 Å². The summed E-state index contributed by atoms with van der Waals surface area (Å²) in [7, 11) is -3.80. The standard InChI is InChI=1S/C22H26N4O5S/c1-16-21(17(2)31-24-16)32(28,29)26-10-4-7-19(14-26)22(27)25(15-20-8-5-11-30-20)13-18-6-3-9-23-12-18/h3,5-6,8-9,11-12,19H,4,7,10,13-15H2,1-2H3. The van der Waals surface area contributed by atoms with Crippen LogP contribution in [0.15, 0.2) is 56.8 Å². The Kier molecular flexibility index (Phi) is 6.43. The van der Waals surface area contributed by atoms with Crippen molar-refractivity contribution in [3.8, 4) is 0 Å². The number of nitrogens with zero attached hydrogens (tertiary/aromatic N) is 4. The van der Waals surface area contributed by atoms with Gasteiger partial charge in [0.2, 0.25) is 15.9 Å². The van der Waals surface area contributed by atoms with E-state index in [2.05, 4.69) is 10.1 Å². The maximum Gasteiger partial charge on any atom is 0.248 e. The number of aryl methyl sites for hydroxylation is 2. The number of hydrogen-bond acceptors (Lipinski definition) is 7. The molecule has 4 heterocycles. The third-order valence-electron chi connectivity index (χ3n) is 5.63. The fraction of sp³-hybridized carbons (Fsp3) is 0.409. The van der Waals surface area contributed by atoms with Crippen LogP contribution in [0.25, 0.3) is 0 Å². The quantitative estimate of drug-likeness (QED) is 0.535. The van der Waals surface area contributed by atoms with Gasteiger partial charge in [-0.05, 0) is 50.5 Å². The highest BCUT2D eigenvalue weighted by Crippen LogP contribution is 2.29. The number of hydrogen-bond donors (Lipinski definition) is 0. The number of furan rings is 1. The van der Waals surface area contributed by atoms with Gasteiger partial charge in [-0.3, -0.25) is 9.78 Å². The van der Waals surface area contributed by atoms with Gasteiger partial charge in [-0.1, -0.05) is 11.2 Å². The number of piperidine rings is 1. The molecular weight excluding hydrogens is 432 g/mol. The zero-order valence-electron chi connectivity index (χ0n) is 18.1. The summed E-state index contributed by atoms with van der Waals surface area (Å²) in [6.45, 7) is 4.33. The normalized spacial score (nSPS) is 17.4. The molecule has 0 aliphatic carbocycles. The second-order valence-corrected chi connectivity index (χ2v) is 9.87. The molecule has 9 nitrogen and oxygen atoms in total. The summed E-state index contributed by atoms with van der Waals surface area (Å²) in [5.41, 5.74) is 1.22. The lowest BCUT2D eigenvalue weighted by molar-refractivity contribution is -0.138. The highest BCUT2D eigenvalue weighted by molar-refractivity contribution is 7.89. The number of pyridine rings is 1. The molecule has 1 saturated heterocycles. The first-order chi connectivity index (χ1) is 15.4. The van der Waals surface area contributed by atoms with Gasteiger partial charge in [-0.15, -0.1) is 0 Å². The second kappa shape index (κ2) is 9.25. The number of aromatic nitrogens is 2. The van der Waals surface area contributed by atoms with Crippen LogP contribution in [0.4, 0.5) is 0 Å². The van der Waals surface area contributed by atoms with E-state index in [0.717, 1.165) is 5.56 Å². The summed E-state index contributed by atoms with van der Waals surface area (Å²) in [5.74, 6) is 0.361. The largest absolute Gasteiger partial charge is 0.467 e. The van der Waals surface area contributed by atoms with E-state index >= 15 is 0 Å². The molecule has 0 bridgehead atoms. The van der Waals surface area contributed by atoms with Gasteiger partial charge in [-0.2, -0.15) is 4.31 Å². The van der Waals surface area contributed by atoms with E-state index in [0.29, 0.717) is 43.9 Å². The Labute approximate surface area is 187 Å². The molecule has 4 rings (SSSR count). The van der Waals surface area contributed by atoms with E-state index in [1.807, 2.05) is 18.2 Å². The third kappa shape index (κ3) is 4.61. The van der Waals surface area contributed by atoms with Crippen LogP contribution in [0.1, 0.15) is 35.6 Å². The SMILES string of the molecule is Cc1noc(C)c1S(=O)(=O)N1CCCC(C(=O)N(Cc2cccnc2)Cc2ccco2)C1. The minimum absolute atomic E-state index is 0.0911. The van der Waals surface area contributed by atoms with E-state index in [1.54, 1.807) is 43.5 Å². The average Bonchev–Trinajstić information content (AvgIpc) is 3.43. The van der Waals surface area contributed by atoms with Gasteiger partial charge in [0, 0.05) is 32.0 Å². The molecule has 0 spiro atoms. The van der Waals surface area contributed by atoms with Crippen LogP contribution in [-0.2, 0) is 27.9 Å². The van der Waals surface area contributed by atoms with Crippen molar-refractivity contribution in [3.05, 3.63) is 65.7 Å². The molecule has 1 amide bonds. The van der Waals surface area contributed by atoms with E-state index in [1.165, 1.54) is 4.31 Å². The molecule has 1 unspecified atom stereocenters. The number of rotatable bonds is 7. The van der Waals surface area contributed by atoms with Gasteiger partial charge < -0.3 is 13.8 Å². The van der Waals surface area contributed by atoms with E-state index in [9.17, 15) is 13.2 Å². The molecular formula is C22H26N4O5S. The Balaban J connectivity index is 1.55. The van der Waals surface area contributed by atoms with Crippen LogP contribution in [-0.4, -0.2) is 46.8 Å². The Bertz CT molecular complexity index is 1140. The summed E-state index contributed by atoms with van der Waals surface area (Å²) in [6.07, 6.45) is 6.19. The molecule has 1 aliphatic heterocycles. The highest BCUT2D eigenvalue weighted by Gasteiger charge is 2.37. The summed E-state index contributed by atoms with van der Waals surface area (Å²) < 4.78 is 38.4. The van der Waals surface area contributed by atoms with E-state index in [4.69, 9.17) is 8.94 Å². The van der Waals surface area contributed by atoms with Gasteiger partial charge in [-0.25, -0.2) is 8.42 Å². The van der Waals surface area contributed by atoms with E-state index in [-0.39, 0.29) is 23.1 Å². The lowest BCUT2D eigenvalue weighted by atomic mass is 9.97. The van der Waals surface area contributed by atoms with Crippen molar-refractivity contribution >= 4 is 15.9 Å². The molecule has 0 radical (unpaired) electrons. The number of amides is 1. The van der Waals surface area contributed by atoms with Crippen LogP contribution in [0.2, 0.25) is 0 Å². The minimum atomic E-state index is -3.80. The first-order valence-electron chi connectivity index (χ1n) is 10.5. The van der Waals surface area contributed by atoms with E-state index < -0.39 is 15.9 Å². The minimum Gasteiger partial charge on any atom is -0.467 e. The van der Waals surface area contributed by atoms with Crippen LogP contribution in [0.5, 0.6) is 0 Å². The van der Waals surface area contributed by atoms with Crippen molar-refractivity contribution in [2.24, 2.45) is 5.92 Å². The van der Waals surface area contributed by atoms with Crippen molar-refractivity contribution in [2.75, 3.05) is 13.1 Å². The van der Waals surface area contributed by atoms with Crippen molar-refractivity contribution in [1.29, 1.82) is 0 Å². The van der Waals surface area contributed by atoms with Crippen LogP contribution in [0, 0.1) is 19.8 Å². The lowest BCUT2D eigenvalue weighted by Gasteiger charge is -2.34. The fourth-order valence-corrected chi connectivity index (χ4v) is 5.92. The number of sulfonamides is 1. The smallest absolute Gasteiger partial charge is 0.248 e. The maximum absolute atomic E-state index is 13.5. The van der Waals surface area contributed by atoms with Crippen molar-refractivity contribution < 1.29 is 22.2 Å². The Morgan fingerprint density at radius 3 is 2.75 bits per heavy atom. The van der Waals surface area contributed by atoms with Gasteiger partial charge in [0.25, 0.3) is 0 Å². The fourth-order valence-electron chi connectivity index (χ4n) is 4.11. The molecule has 0 aromatic carbocycles. The monoisotopic (exact) mass is 458 g/mol. The summed E-state index contributed by atoms with van der Waals surface area (Å²) in [6, 6.07) is 7.33. The zero-order chi connectivity index (χ0) is 22.7. The predicted molar refractivity (Wildman–Crippen MR) is 115 cm³/mol. The molecule has 1 fully saturated rings. The molecule has 170 valence electrons. The van der Waals surface area contributed by atoms with Crippen molar-refractivity contribution in [2.45, 2.75) is 44.7 Å². The summed E-state index contributed by atoms with van der Waals surface area (Å²) >= 11 is 0. The average molecular weight is 459 g/mol. The molecule has 32 heavy (non-hydrogen) atoms. The Hall–Kier alpha value is -2.98. The van der Waals surface area contributed by atoms with Gasteiger partial charge in [0.1, 0.15) is 16.3 Å². The Morgan fingerprint density at radius 2 is 2.09 bits per heavy atom. The van der Waals surface area contributed by atoms with Crippen molar-refractivity contribution in [1.82, 2.24) is 19.3 Å². The third-order valence-corrected chi connectivity index (χ3v) is 7.74. The van der Waals surface area contributed by atoms with Crippen LogP contribution >= 0.6 is 0 Å². The molecule has 0 N–H and O–H groups in total. The number of carbonyl (C=O) groups is 1.